The summed E-state index contributed by atoms with van der Waals surface area (Å²) < 4.78 is 10.8. The van der Waals surface area contributed by atoms with Crippen LogP contribution in [0.4, 0.5) is 0 Å². The maximum atomic E-state index is 11.9. The molecule has 0 saturated carbocycles. The topological polar surface area (TPSA) is 52.6 Å². The van der Waals surface area contributed by atoms with Crippen molar-refractivity contribution in [3.05, 3.63) is 59.7 Å². The number of aryl methyl sites for hydroxylation is 2. The smallest absolute Gasteiger partial charge is 0.311 e. The number of esters is 2. The van der Waals surface area contributed by atoms with Gasteiger partial charge in [0.05, 0.1) is 0 Å². The Labute approximate surface area is 218 Å². The van der Waals surface area contributed by atoms with Crippen LogP contribution in [0, 0.1) is 13.8 Å². The zero-order valence-electron chi connectivity index (χ0n) is 22.6. The Balaban J connectivity index is 1.29. The Kier molecular flexibility index (Phi) is 15.3. The molecular formula is C32H46O4. The molecule has 2 rings (SSSR count). The molecule has 36 heavy (non-hydrogen) atoms. The first kappa shape index (κ1) is 29.6. The van der Waals surface area contributed by atoms with Gasteiger partial charge in [-0.25, -0.2) is 0 Å². The molecule has 0 bridgehead atoms. The van der Waals surface area contributed by atoms with Gasteiger partial charge in [0, 0.05) is 12.8 Å². The van der Waals surface area contributed by atoms with Crippen molar-refractivity contribution in [3.63, 3.8) is 0 Å². The molecule has 0 saturated heterocycles. The van der Waals surface area contributed by atoms with Crippen LogP contribution in [0.25, 0.3) is 0 Å². The van der Waals surface area contributed by atoms with E-state index in [4.69, 9.17) is 9.47 Å². The summed E-state index contributed by atoms with van der Waals surface area (Å²) in [5.41, 5.74) is 2.21. The van der Waals surface area contributed by atoms with Crippen LogP contribution in [-0.4, -0.2) is 11.9 Å². The van der Waals surface area contributed by atoms with Gasteiger partial charge in [-0.1, -0.05) is 101 Å². The van der Waals surface area contributed by atoms with E-state index in [0.29, 0.717) is 24.3 Å². The maximum Gasteiger partial charge on any atom is 0.311 e. The van der Waals surface area contributed by atoms with Crippen LogP contribution in [0.1, 0.15) is 114 Å². The molecule has 2 aromatic rings. The van der Waals surface area contributed by atoms with E-state index in [2.05, 4.69) is 0 Å². The molecule has 0 amide bonds. The van der Waals surface area contributed by atoms with E-state index in [9.17, 15) is 9.59 Å². The van der Waals surface area contributed by atoms with Crippen molar-refractivity contribution in [2.45, 2.75) is 117 Å². The summed E-state index contributed by atoms with van der Waals surface area (Å²) >= 11 is 0. The Hall–Kier alpha value is -2.62. The second-order valence-electron chi connectivity index (χ2n) is 10.0. The molecule has 0 aliphatic rings. The van der Waals surface area contributed by atoms with Crippen molar-refractivity contribution in [1.29, 1.82) is 0 Å². The standard InChI is InChI=1S/C32H46O4/c1-27-19-17-21-29(25-27)35-31(33)23-15-13-11-9-7-5-3-4-6-8-10-12-14-16-24-32(34)36-30-22-18-20-28(2)26-30/h17-22,25-26H,3-16,23-24H2,1-2H3. The van der Waals surface area contributed by atoms with Gasteiger partial charge in [0.25, 0.3) is 0 Å². The molecule has 0 radical (unpaired) electrons. The van der Waals surface area contributed by atoms with E-state index in [1.54, 1.807) is 0 Å². The van der Waals surface area contributed by atoms with Crippen LogP contribution in [-0.2, 0) is 9.59 Å². The van der Waals surface area contributed by atoms with Crippen molar-refractivity contribution in [1.82, 2.24) is 0 Å². The third-order valence-electron chi connectivity index (χ3n) is 6.45. The average Bonchev–Trinajstić information content (AvgIpc) is 2.83. The fourth-order valence-corrected chi connectivity index (χ4v) is 4.38. The highest BCUT2D eigenvalue weighted by atomic mass is 16.5. The predicted octanol–water partition coefficient (Wildman–Crippen LogP) is 9.06. The fourth-order valence-electron chi connectivity index (χ4n) is 4.38. The van der Waals surface area contributed by atoms with Crippen molar-refractivity contribution in [3.8, 4) is 11.5 Å². The molecule has 0 N–H and O–H groups in total. The number of unbranched alkanes of at least 4 members (excludes halogenated alkanes) is 13. The zero-order valence-corrected chi connectivity index (χ0v) is 22.6. The molecule has 0 aliphatic carbocycles. The van der Waals surface area contributed by atoms with E-state index in [1.807, 2.05) is 62.4 Å². The molecule has 4 nitrogen and oxygen atoms in total. The summed E-state index contributed by atoms with van der Waals surface area (Å²) in [5.74, 6) is 1.05. The van der Waals surface area contributed by atoms with Gasteiger partial charge in [-0.2, -0.15) is 0 Å². The number of carbonyl (C=O) groups excluding carboxylic acids is 2. The molecule has 2 aromatic carbocycles. The summed E-state index contributed by atoms with van der Waals surface area (Å²) in [6, 6.07) is 15.3. The van der Waals surface area contributed by atoms with E-state index >= 15 is 0 Å². The Morgan fingerprint density at radius 1 is 0.500 bits per heavy atom. The summed E-state index contributed by atoms with van der Waals surface area (Å²) in [6.07, 6.45) is 17.9. The van der Waals surface area contributed by atoms with E-state index in [-0.39, 0.29) is 11.9 Å². The number of hydrogen-bond acceptors (Lipinski definition) is 4. The molecule has 4 heteroatoms. The average molecular weight is 495 g/mol. The van der Waals surface area contributed by atoms with E-state index in [0.717, 1.165) is 36.8 Å². The van der Waals surface area contributed by atoms with Gasteiger partial charge in [-0.15, -0.1) is 0 Å². The highest BCUT2D eigenvalue weighted by Crippen LogP contribution is 2.17. The lowest BCUT2D eigenvalue weighted by molar-refractivity contribution is -0.135. The van der Waals surface area contributed by atoms with Crippen LogP contribution in [0.2, 0.25) is 0 Å². The second kappa shape index (κ2) is 18.6. The number of rotatable bonds is 19. The third-order valence-corrected chi connectivity index (χ3v) is 6.45. The predicted molar refractivity (Wildman–Crippen MR) is 147 cm³/mol. The van der Waals surface area contributed by atoms with Gasteiger partial charge in [0.2, 0.25) is 0 Å². The van der Waals surface area contributed by atoms with Gasteiger partial charge in [0.1, 0.15) is 11.5 Å². The monoisotopic (exact) mass is 494 g/mol. The summed E-state index contributed by atoms with van der Waals surface area (Å²) in [5, 5.41) is 0. The summed E-state index contributed by atoms with van der Waals surface area (Å²) in [7, 11) is 0. The van der Waals surface area contributed by atoms with Crippen molar-refractivity contribution < 1.29 is 19.1 Å². The first-order valence-corrected chi connectivity index (χ1v) is 14.1. The number of ether oxygens (including phenoxy) is 2. The lowest BCUT2D eigenvalue weighted by Crippen LogP contribution is -2.07. The van der Waals surface area contributed by atoms with Gasteiger partial charge in [0.15, 0.2) is 0 Å². The van der Waals surface area contributed by atoms with Gasteiger partial charge in [-0.3, -0.25) is 9.59 Å². The van der Waals surface area contributed by atoms with Crippen LogP contribution in [0.5, 0.6) is 11.5 Å². The zero-order chi connectivity index (χ0) is 25.8. The van der Waals surface area contributed by atoms with E-state index < -0.39 is 0 Å². The first-order valence-electron chi connectivity index (χ1n) is 14.1. The van der Waals surface area contributed by atoms with Crippen LogP contribution in [0.15, 0.2) is 48.5 Å². The Morgan fingerprint density at radius 3 is 1.11 bits per heavy atom. The lowest BCUT2D eigenvalue weighted by Gasteiger charge is -2.06. The van der Waals surface area contributed by atoms with Crippen molar-refractivity contribution in [2.75, 3.05) is 0 Å². The van der Waals surface area contributed by atoms with Gasteiger partial charge < -0.3 is 9.47 Å². The summed E-state index contributed by atoms with van der Waals surface area (Å²) in [6.45, 7) is 3.99. The SMILES string of the molecule is Cc1cccc(OC(=O)CCCCCCCCCCCCCCCCC(=O)Oc2cccc(C)c2)c1. The molecule has 0 aromatic heterocycles. The van der Waals surface area contributed by atoms with Crippen LogP contribution < -0.4 is 9.47 Å². The normalized spacial score (nSPS) is 10.8. The molecule has 198 valence electrons. The third kappa shape index (κ3) is 14.7. The largest absolute Gasteiger partial charge is 0.427 e. The molecule has 0 aliphatic heterocycles. The second-order valence-corrected chi connectivity index (χ2v) is 10.0. The summed E-state index contributed by atoms with van der Waals surface area (Å²) in [4.78, 5) is 23.8. The maximum absolute atomic E-state index is 11.9. The Bertz CT molecular complexity index is 816. The minimum absolute atomic E-state index is 0.124. The quantitative estimate of drug-likeness (QED) is 0.111. The fraction of sp³-hybridized carbons (Fsp3) is 0.562. The lowest BCUT2D eigenvalue weighted by atomic mass is 10.0. The van der Waals surface area contributed by atoms with Crippen molar-refractivity contribution >= 4 is 11.9 Å². The number of benzene rings is 2. The van der Waals surface area contributed by atoms with Gasteiger partial charge in [-0.05, 0) is 62.1 Å². The van der Waals surface area contributed by atoms with Crippen LogP contribution >= 0.6 is 0 Å². The highest BCUT2D eigenvalue weighted by Gasteiger charge is 2.06. The highest BCUT2D eigenvalue weighted by molar-refractivity contribution is 5.72. The van der Waals surface area contributed by atoms with Gasteiger partial charge >= 0.3 is 11.9 Å². The minimum atomic E-state index is -0.124. The molecule has 0 heterocycles. The number of hydrogen-bond donors (Lipinski definition) is 0. The number of carbonyl (C=O) groups is 2. The Morgan fingerprint density at radius 2 is 0.806 bits per heavy atom. The molecule has 0 unspecified atom stereocenters. The van der Waals surface area contributed by atoms with Crippen molar-refractivity contribution in [2.24, 2.45) is 0 Å². The molecular weight excluding hydrogens is 448 g/mol. The molecule has 0 atom stereocenters. The van der Waals surface area contributed by atoms with E-state index in [1.165, 1.54) is 64.2 Å². The molecule has 0 fully saturated rings. The first-order chi connectivity index (χ1) is 17.5. The molecule has 0 spiro atoms. The minimum Gasteiger partial charge on any atom is -0.427 e. The van der Waals surface area contributed by atoms with Crippen LogP contribution in [0.3, 0.4) is 0 Å².